The molecule has 1 N–H and O–H groups in total. The zero-order chi connectivity index (χ0) is 14.7. The minimum Gasteiger partial charge on any atom is -0.494 e. The van der Waals surface area contributed by atoms with Crippen LogP contribution in [0.1, 0.15) is 45.4 Å². The molecular formula is C17H25N3O. The van der Waals surface area contributed by atoms with Gasteiger partial charge < -0.3 is 9.72 Å². The fourth-order valence-electron chi connectivity index (χ4n) is 3.30. The van der Waals surface area contributed by atoms with Crippen molar-refractivity contribution in [2.45, 2.75) is 52.1 Å². The van der Waals surface area contributed by atoms with Crippen molar-refractivity contribution >= 4 is 11.0 Å². The first-order valence-corrected chi connectivity index (χ1v) is 8.15. The number of aromatic amines is 1. The molecule has 1 fully saturated rings. The summed E-state index contributed by atoms with van der Waals surface area (Å²) in [7, 11) is 0. The second kappa shape index (κ2) is 6.48. The maximum atomic E-state index is 5.55. The van der Waals surface area contributed by atoms with Gasteiger partial charge in [-0.1, -0.05) is 13.3 Å². The molecule has 0 saturated carbocycles. The molecule has 4 nitrogen and oxygen atoms in total. The molecule has 0 aliphatic carbocycles. The van der Waals surface area contributed by atoms with E-state index < -0.39 is 0 Å². The molecule has 1 aromatic carbocycles. The van der Waals surface area contributed by atoms with E-state index in [-0.39, 0.29) is 0 Å². The molecule has 0 amide bonds. The third-order valence-corrected chi connectivity index (χ3v) is 4.39. The van der Waals surface area contributed by atoms with Crippen LogP contribution in [0.4, 0.5) is 0 Å². The summed E-state index contributed by atoms with van der Waals surface area (Å²) < 4.78 is 5.55. The number of hydrogen-bond donors (Lipinski definition) is 1. The third kappa shape index (κ3) is 3.21. The summed E-state index contributed by atoms with van der Waals surface area (Å²) in [6, 6.07) is 6.79. The molecular weight excluding hydrogens is 262 g/mol. The highest BCUT2D eigenvalue weighted by Gasteiger charge is 2.21. The Morgan fingerprint density at radius 2 is 2.24 bits per heavy atom. The van der Waals surface area contributed by atoms with Crippen LogP contribution in [0, 0.1) is 0 Å². The van der Waals surface area contributed by atoms with Gasteiger partial charge in [0, 0.05) is 12.1 Å². The maximum absolute atomic E-state index is 5.55. The van der Waals surface area contributed by atoms with E-state index in [1.165, 1.54) is 32.2 Å². The van der Waals surface area contributed by atoms with Gasteiger partial charge in [-0.15, -0.1) is 0 Å². The van der Waals surface area contributed by atoms with Gasteiger partial charge in [0.2, 0.25) is 0 Å². The predicted octanol–water partition coefficient (Wildman–Crippen LogP) is 3.73. The Morgan fingerprint density at radius 1 is 1.33 bits per heavy atom. The Labute approximate surface area is 126 Å². The first-order valence-electron chi connectivity index (χ1n) is 8.15. The third-order valence-electron chi connectivity index (χ3n) is 4.39. The van der Waals surface area contributed by atoms with Gasteiger partial charge in [0.05, 0.1) is 24.2 Å². The molecule has 1 aliphatic heterocycles. The van der Waals surface area contributed by atoms with Crippen LogP contribution in [0.15, 0.2) is 18.2 Å². The lowest BCUT2D eigenvalue weighted by atomic mass is 10.0. The maximum Gasteiger partial charge on any atom is 0.121 e. The highest BCUT2D eigenvalue weighted by atomic mass is 16.5. The average molecular weight is 287 g/mol. The van der Waals surface area contributed by atoms with Crippen molar-refractivity contribution in [2.75, 3.05) is 13.2 Å². The second-order valence-electron chi connectivity index (χ2n) is 5.82. The zero-order valence-corrected chi connectivity index (χ0v) is 13.1. The summed E-state index contributed by atoms with van der Waals surface area (Å²) in [5.41, 5.74) is 2.10. The summed E-state index contributed by atoms with van der Waals surface area (Å²) in [6.07, 6.45) is 5.23. The lowest BCUT2D eigenvalue weighted by Gasteiger charge is -2.34. The number of ether oxygens (including phenoxy) is 1. The Kier molecular flexibility index (Phi) is 4.44. The Bertz CT molecular complexity index is 593. The summed E-state index contributed by atoms with van der Waals surface area (Å²) in [5.74, 6) is 1.98. The van der Waals surface area contributed by atoms with E-state index in [1.807, 2.05) is 25.1 Å². The SMILES string of the molecule is CCOc1ccc2nc(CN3CCCCC3CC)[nH]c2c1. The minimum atomic E-state index is 0.693. The highest BCUT2D eigenvalue weighted by molar-refractivity contribution is 5.76. The van der Waals surface area contributed by atoms with Crippen LogP contribution in [0.3, 0.4) is 0 Å². The number of H-pyrrole nitrogens is 1. The highest BCUT2D eigenvalue weighted by Crippen LogP contribution is 2.23. The first-order chi connectivity index (χ1) is 10.3. The molecule has 2 heterocycles. The van der Waals surface area contributed by atoms with E-state index in [0.29, 0.717) is 12.6 Å². The van der Waals surface area contributed by atoms with Crippen molar-refractivity contribution in [3.63, 3.8) is 0 Å². The molecule has 21 heavy (non-hydrogen) atoms. The topological polar surface area (TPSA) is 41.1 Å². The number of likely N-dealkylation sites (tertiary alicyclic amines) is 1. The quantitative estimate of drug-likeness (QED) is 0.911. The second-order valence-corrected chi connectivity index (χ2v) is 5.82. The van der Waals surface area contributed by atoms with Crippen LogP contribution in [0.5, 0.6) is 5.75 Å². The van der Waals surface area contributed by atoms with Gasteiger partial charge in [-0.2, -0.15) is 0 Å². The summed E-state index contributed by atoms with van der Waals surface area (Å²) >= 11 is 0. The van der Waals surface area contributed by atoms with Crippen molar-refractivity contribution in [1.82, 2.24) is 14.9 Å². The largest absolute Gasteiger partial charge is 0.494 e. The predicted molar refractivity (Wildman–Crippen MR) is 85.6 cm³/mol. The molecule has 1 unspecified atom stereocenters. The van der Waals surface area contributed by atoms with Crippen LogP contribution >= 0.6 is 0 Å². The number of hydrogen-bond acceptors (Lipinski definition) is 3. The standard InChI is InChI=1S/C17H25N3O/c1-3-13-7-5-6-10-20(13)12-17-18-15-9-8-14(21-4-2)11-16(15)19-17/h8-9,11,13H,3-7,10,12H2,1-2H3,(H,18,19). The number of nitrogens with zero attached hydrogens (tertiary/aromatic N) is 2. The molecule has 2 aromatic rings. The number of nitrogens with one attached hydrogen (secondary N) is 1. The Morgan fingerprint density at radius 3 is 3.05 bits per heavy atom. The molecule has 1 aromatic heterocycles. The van der Waals surface area contributed by atoms with E-state index in [0.717, 1.165) is 29.2 Å². The monoisotopic (exact) mass is 287 g/mol. The molecule has 1 aliphatic rings. The van der Waals surface area contributed by atoms with Crippen LogP contribution in [-0.2, 0) is 6.54 Å². The van der Waals surface area contributed by atoms with E-state index in [9.17, 15) is 0 Å². The number of fused-ring (bicyclic) bond motifs is 1. The molecule has 1 atom stereocenters. The lowest BCUT2D eigenvalue weighted by Crippen LogP contribution is -2.38. The fourth-order valence-corrected chi connectivity index (χ4v) is 3.30. The van der Waals surface area contributed by atoms with Gasteiger partial charge in [-0.05, 0) is 44.9 Å². The van der Waals surface area contributed by atoms with E-state index >= 15 is 0 Å². The van der Waals surface area contributed by atoms with Crippen molar-refractivity contribution in [3.8, 4) is 5.75 Å². The van der Waals surface area contributed by atoms with Crippen LogP contribution < -0.4 is 4.74 Å². The average Bonchev–Trinajstić information content (AvgIpc) is 2.89. The van der Waals surface area contributed by atoms with E-state index in [1.54, 1.807) is 0 Å². The summed E-state index contributed by atoms with van der Waals surface area (Å²) in [5, 5.41) is 0. The smallest absolute Gasteiger partial charge is 0.121 e. The summed E-state index contributed by atoms with van der Waals surface area (Å²) in [6.45, 7) is 7.11. The number of aromatic nitrogens is 2. The van der Waals surface area contributed by atoms with Crippen molar-refractivity contribution in [1.29, 1.82) is 0 Å². The first kappa shape index (κ1) is 14.4. The molecule has 114 valence electrons. The van der Waals surface area contributed by atoms with Crippen LogP contribution in [0.25, 0.3) is 11.0 Å². The van der Waals surface area contributed by atoms with Gasteiger partial charge in [0.25, 0.3) is 0 Å². The summed E-state index contributed by atoms with van der Waals surface area (Å²) in [4.78, 5) is 10.8. The van der Waals surface area contributed by atoms with Crippen molar-refractivity contribution in [2.24, 2.45) is 0 Å². The van der Waals surface area contributed by atoms with Crippen molar-refractivity contribution < 1.29 is 4.74 Å². The zero-order valence-electron chi connectivity index (χ0n) is 13.1. The molecule has 0 bridgehead atoms. The lowest BCUT2D eigenvalue weighted by molar-refractivity contribution is 0.133. The number of benzene rings is 1. The van der Waals surface area contributed by atoms with Gasteiger partial charge in [-0.3, -0.25) is 4.90 Å². The van der Waals surface area contributed by atoms with E-state index in [2.05, 4.69) is 16.8 Å². The number of rotatable bonds is 5. The van der Waals surface area contributed by atoms with Gasteiger partial charge in [0.15, 0.2) is 0 Å². The van der Waals surface area contributed by atoms with Crippen LogP contribution in [0.2, 0.25) is 0 Å². The number of piperidine rings is 1. The Hall–Kier alpha value is -1.55. The minimum absolute atomic E-state index is 0.693. The van der Waals surface area contributed by atoms with Crippen molar-refractivity contribution in [3.05, 3.63) is 24.0 Å². The fraction of sp³-hybridized carbons (Fsp3) is 0.588. The molecule has 4 heteroatoms. The Balaban J connectivity index is 1.77. The molecule has 3 rings (SSSR count). The van der Waals surface area contributed by atoms with Gasteiger partial charge in [-0.25, -0.2) is 4.98 Å². The number of imidazole rings is 1. The molecule has 0 spiro atoms. The normalized spacial score (nSPS) is 20.0. The molecule has 1 saturated heterocycles. The van der Waals surface area contributed by atoms with E-state index in [4.69, 9.17) is 9.72 Å². The van der Waals surface area contributed by atoms with Crippen LogP contribution in [-0.4, -0.2) is 34.1 Å². The molecule has 0 radical (unpaired) electrons. The van der Waals surface area contributed by atoms with Gasteiger partial charge >= 0.3 is 0 Å². The van der Waals surface area contributed by atoms with Gasteiger partial charge in [0.1, 0.15) is 11.6 Å².